The maximum atomic E-state index is 6.19. The Morgan fingerprint density at radius 3 is 3.05 bits per heavy atom. The summed E-state index contributed by atoms with van der Waals surface area (Å²) in [6.07, 6.45) is 9.33. The van der Waals surface area contributed by atoms with Crippen molar-refractivity contribution in [2.75, 3.05) is 18.1 Å². The normalized spacial score (nSPS) is 26.6. The monoisotopic (exact) mass is 307 g/mol. The summed E-state index contributed by atoms with van der Waals surface area (Å²) in [6.45, 7) is 0.876. The topological polar surface area (TPSA) is 60.2 Å². The molecule has 2 atom stereocenters. The Balaban J connectivity index is 1.65. The molecule has 2 unspecified atom stereocenters. The largest absolute Gasteiger partial charge is 0.375 e. The van der Waals surface area contributed by atoms with Crippen molar-refractivity contribution in [3.63, 3.8) is 0 Å². The second-order valence-electron chi connectivity index (χ2n) is 6.24. The zero-order valence-electron chi connectivity index (χ0n) is 12.5. The molecule has 0 bridgehead atoms. The van der Waals surface area contributed by atoms with E-state index in [4.69, 9.17) is 10.6 Å². The molecule has 116 valence electrons. The van der Waals surface area contributed by atoms with Crippen LogP contribution < -0.4 is 11.3 Å². The first kappa shape index (κ1) is 15.3. The van der Waals surface area contributed by atoms with E-state index < -0.39 is 0 Å². The van der Waals surface area contributed by atoms with Crippen LogP contribution in [0.4, 0.5) is 0 Å². The molecule has 2 aliphatic heterocycles. The van der Waals surface area contributed by atoms with Crippen LogP contribution in [0.25, 0.3) is 0 Å². The fourth-order valence-electron chi connectivity index (χ4n) is 3.64. The standard InChI is InChI=1S/C16H25N3OS/c17-19-15(10-13-2-1-6-18-12-13)14-3-7-20-16(11-14)4-8-21-9-5-16/h1-2,6,12,14-15,19H,3-5,7-11,17H2. The van der Waals surface area contributed by atoms with Crippen LogP contribution in [0.1, 0.15) is 31.2 Å². The van der Waals surface area contributed by atoms with Crippen molar-refractivity contribution in [3.8, 4) is 0 Å². The number of rotatable bonds is 4. The van der Waals surface area contributed by atoms with E-state index in [1.807, 2.05) is 18.5 Å². The van der Waals surface area contributed by atoms with Gasteiger partial charge in [-0.25, -0.2) is 0 Å². The van der Waals surface area contributed by atoms with Crippen molar-refractivity contribution in [2.24, 2.45) is 11.8 Å². The first-order chi connectivity index (χ1) is 10.3. The van der Waals surface area contributed by atoms with E-state index in [2.05, 4.69) is 28.2 Å². The Morgan fingerprint density at radius 2 is 2.33 bits per heavy atom. The Bertz CT molecular complexity index is 431. The number of hydrazine groups is 1. The van der Waals surface area contributed by atoms with E-state index in [1.54, 1.807) is 0 Å². The number of nitrogens with zero attached hydrogens (tertiary/aromatic N) is 1. The fraction of sp³-hybridized carbons (Fsp3) is 0.688. The maximum Gasteiger partial charge on any atom is 0.0701 e. The molecule has 0 amide bonds. The molecule has 0 saturated carbocycles. The molecular weight excluding hydrogens is 282 g/mol. The molecule has 4 nitrogen and oxygen atoms in total. The van der Waals surface area contributed by atoms with Crippen molar-refractivity contribution in [3.05, 3.63) is 30.1 Å². The van der Waals surface area contributed by atoms with Crippen LogP contribution in [0.2, 0.25) is 0 Å². The number of nitrogens with two attached hydrogens (primary N) is 1. The first-order valence-corrected chi connectivity index (χ1v) is 9.03. The molecule has 0 aliphatic carbocycles. The molecule has 0 aromatic carbocycles. The van der Waals surface area contributed by atoms with E-state index in [1.165, 1.54) is 29.9 Å². The molecule has 2 fully saturated rings. The molecule has 3 rings (SSSR count). The van der Waals surface area contributed by atoms with Gasteiger partial charge in [0.1, 0.15) is 0 Å². The summed E-state index contributed by atoms with van der Waals surface area (Å²) in [4.78, 5) is 4.20. The maximum absolute atomic E-state index is 6.19. The smallest absolute Gasteiger partial charge is 0.0701 e. The average molecular weight is 307 g/mol. The Morgan fingerprint density at radius 1 is 1.48 bits per heavy atom. The summed E-state index contributed by atoms with van der Waals surface area (Å²) in [5.74, 6) is 8.91. The van der Waals surface area contributed by atoms with E-state index >= 15 is 0 Å². The Kier molecular flexibility index (Phi) is 5.16. The molecule has 0 radical (unpaired) electrons. The summed E-state index contributed by atoms with van der Waals surface area (Å²) in [7, 11) is 0. The van der Waals surface area contributed by atoms with E-state index in [-0.39, 0.29) is 5.60 Å². The minimum atomic E-state index is 0.123. The minimum Gasteiger partial charge on any atom is -0.375 e. The Hall–Kier alpha value is -0.620. The van der Waals surface area contributed by atoms with Crippen molar-refractivity contribution < 1.29 is 4.74 Å². The van der Waals surface area contributed by atoms with Crippen LogP contribution in [-0.2, 0) is 11.2 Å². The predicted octanol–water partition coefficient (Wildman–Crippen LogP) is 2.15. The molecule has 2 aliphatic rings. The van der Waals surface area contributed by atoms with Gasteiger partial charge in [0.15, 0.2) is 0 Å². The summed E-state index contributed by atoms with van der Waals surface area (Å²) in [6, 6.07) is 4.43. The van der Waals surface area contributed by atoms with E-state index in [9.17, 15) is 0 Å². The second kappa shape index (κ2) is 7.09. The summed E-state index contributed by atoms with van der Waals surface area (Å²) < 4.78 is 6.19. The SMILES string of the molecule is NNC(Cc1cccnc1)C1CCOC2(CCSCC2)C1. The van der Waals surface area contributed by atoms with Crippen molar-refractivity contribution >= 4 is 11.8 Å². The lowest BCUT2D eigenvalue weighted by Gasteiger charge is -2.45. The first-order valence-electron chi connectivity index (χ1n) is 7.88. The van der Waals surface area contributed by atoms with Gasteiger partial charge < -0.3 is 4.74 Å². The van der Waals surface area contributed by atoms with Crippen LogP contribution in [0.15, 0.2) is 24.5 Å². The third-order valence-electron chi connectivity index (χ3n) is 4.90. The number of pyridine rings is 1. The van der Waals surface area contributed by atoms with Gasteiger partial charge in [-0.05, 0) is 61.2 Å². The van der Waals surface area contributed by atoms with Crippen molar-refractivity contribution in [1.29, 1.82) is 0 Å². The molecule has 3 heterocycles. The minimum absolute atomic E-state index is 0.123. The highest BCUT2D eigenvalue weighted by molar-refractivity contribution is 7.99. The summed E-state index contributed by atoms with van der Waals surface area (Å²) in [5.41, 5.74) is 4.43. The zero-order chi connectivity index (χ0) is 14.5. The van der Waals surface area contributed by atoms with Gasteiger partial charge in [-0.1, -0.05) is 6.07 Å². The van der Waals surface area contributed by atoms with Crippen molar-refractivity contribution in [2.45, 2.75) is 43.7 Å². The van der Waals surface area contributed by atoms with Crippen molar-refractivity contribution in [1.82, 2.24) is 10.4 Å². The lowest BCUT2D eigenvalue weighted by atomic mass is 9.77. The molecule has 2 saturated heterocycles. The molecular formula is C16H25N3OS. The number of aromatic nitrogens is 1. The second-order valence-corrected chi connectivity index (χ2v) is 7.46. The van der Waals surface area contributed by atoms with Gasteiger partial charge in [0.2, 0.25) is 0 Å². The van der Waals surface area contributed by atoms with Gasteiger partial charge in [-0.15, -0.1) is 0 Å². The third kappa shape index (κ3) is 3.77. The van der Waals surface area contributed by atoms with Gasteiger partial charge in [0.05, 0.1) is 5.60 Å². The average Bonchev–Trinajstić information content (AvgIpc) is 2.54. The van der Waals surface area contributed by atoms with Gasteiger partial charge >= 0.3 is 0 Å². The third-order valence-corrected chi connectivity index (χ3v) is 5.88. The highest BCUT2D eigenvalue weighted by Crippen LogP contribution is 2.40. The molecule has 21 heavy (non-hydrogen) atoms. The number of thioether (sulfide) groups is 1. The van der Waals surface area contributed by atoms with Crippen LogP contribution in [-0.4, -0.2) is 34.7 Å². The molecule has 5 heteroatoms. The predicted molar refractivity (Wildman–Crippen MR) is 87.0 cm³/mol. The van der Waals surface area contributed by atoms with Gasteiger partial charge in [0.25, 0.3) is 0 Å². The molecule has 1 spiro atoms. The zero-order valence-corrected chi connectivity index (χ0v) is 13.3. The molecule has 3 N–H and O–H groups in total. The van der Waals surface area contributed by atoms with Crippen LogP contribution in [0, 0.1) is 5.92 Å². The van der Waals surface area contributed by atoms with Gasteiger partial charge in [0, 0.05) is 25.0 Å². The molecule has 1 aromatic rings. The number of hydrogen-bond acceptors (Lipinski definition) is 5. The Labute approximate surface area is 131 Å². The highest BCUT2D eigenvalue weighted by atomic mass is 32.2. The number of hydrogen-bond donors (Lipinski definition) is 2. The van der Waals surface area contributed by atoms with Gasteiger partial charge in [-0.3, -0.25) is 16.3 Å². The summed E-state index contributed by atoms with van der Waals surface area (Å²) in [5, 5.41) is 0. The lowest BCUT2D eigenvalue weighted by Crippen LogP contribution is -2.50. The summed E-state index contributed by atoms with van der Waals surface area (Å²) >= 11 is 2.05. The quantitative estimate of drug-likeness (QED) is 0.659. The fourth-order valence-corrected chi connectivity index (χ4v) is 4.87. The van der Waals surface area contributed by atoms with Crippen LogP contribution in [0.3, 0.4) is 0 Å². The van der Waals surface area contributed by atoms with Crippen LogP contribution in [0.5, 0.6) is 0 Å². The van der Waals surface area contributed by atoms with E-state index in [0.29, 0.717) is 12.0 Å². The number of ether oxygens (including phenoxy) is 1. The molecule has 1 aromatic heterocycles. The van der Waals surface area contributed by atoms with Gasteiger partial charge in [-0.2, -0.15) is 11.8 Å². The highest BCUT2D eigenvalue weighted by Gasteiger charge is 2.40. The lowest BCUT2D eigenvalue weighted by molar-refractivity contribution is -0.107. The van der Waals surface area contributed by atoms with Crippen LogP contribution >= 0.6 is 11.8 Å². The number of nitrogens with one attached hydrogen (secondary N) is 1. The van der Waals surface area contributed by atoms with E-state index in [0.717, 1.165) is 25.9 Å².